The third kappa shape index (κ3) is 4.89. The number of carbonyl (C=O) groups excluding carboxylic acids is 1. The van der Waals surface area contributed by atoms with Gasteiger partial charge in [0.05, 0.1) is 18.8 Å². The van der Waals surface area contributed by atoms with Gasteiger partial charge in [0.25, 0.3) is 5.56 Å². The van der Waals surface area contributed by atoms with Crippen LogP contribution in [0.25, 0.3) is 0 Å². The van der Waals surface area contributed by atoms with Crippen molar-refractivity contribution in [2.75, 3.05) is 31.2 Å². The lowest BCUT2D eigenvalue weighted by atomic mass is 10.2. The van der Waals surface area contributed by atoms with Gasteiger partial charge in [-0.1, -0.05) is 6.07 Å². The summed E-state index contributed by atoms with van der Waals surface area (Å²) in [6.45, 7) is 2.17. The Morgan fingerprint density at radius 1 is 1.21 bits per heavy atom. The molecule has 0 aromatic carbocycles. The lowest BCUT2D eigenvalue weighted by Crippen LogP contribution is -2.38. The number of carbonyl (C=O) groups is 1. The molecule has 1 aliphatic heterocycles. The van der Waals surface area contributed by atoms with E-state index >= 15 is 0 Å². The first-order valence-corrected chi connectivity index (χ1v) is 8.65. The predicted molar refractivity (Wildman–Crippen MR) is 94.8 cm³/mol. The molecule has 1 saturated heterocycles. The highest BCUT2D eigenvalue weighted by Crippen LogP contribution is 2.28. The molecule has 1 aliphatic rings. The van der Waals surface area contributed by atoms with Crippen molar-refractivity contribution >= 4 is 11.7 Å². The summed E-state index contributed by atoms with van der Waals surface area (Å²) >= 11 is 0. The van der Waals surface area contributed by atoms with Crippen LogP contribution in [-0.4, -0.2) is 41.8 Å². The number of amides is 1. The van der Waals surface area contributed by atoms with Crippen LogP contribution in [0.5, 0.6) is 0 Å². The molecule has 28 heavy (non-hydrogen) atoms. The lowest BCUT2D eigenvalue weighted by molar-refractivity contribution is -0.138. The Bertz CT molecular complexity index is 892. The van der Waals surface area contributed by atoms with E-state index < -0.39 is 29.8 Å². The molecule has 1 fully saturated rings. The van der Waals surface area contributed by atoms with E-state index in [1.807, 2.05) is 11.0 Å². The molecular weight excluding hydrogens is 377 g/mol. The van der Waals surface area contributed by atoms with Gasteiger partial charge < -0.3 is 19.5 Å². The van der Waals surface area contributed by atoms with Crippen LogP contribution in [0.15, 0.2) is 41.5 Å². The van der Waals surface area contributed by atoms with Crippen molar-refractivity contribution in [1.29, 1.82) is 0 Å². The van der Waals surface area contributed by atoms with Gasteiger partial charge in [0, 0.05) is 43.7 Å². The molecule has 10 heteroatoms. The molecule has 1 amide bonds. The first kappa shape index (κ1) is 19.9. The average molecular weight is 396 g/mol. The summed E-state index contributed by atoms with van der Waals surface area (Å²) in [5.74, 6) is 0.153. The monoisotopic (exact) mass is 396 g/mol. The summed E-state index contributed by atoms with van der Waals surface area (Å²) in [5.41, 5.74) is -0.894. The SMILES string of the molecule is O=C(Cn1cc(C(F)(F)F)ccc1=O)NCc1cccnc1N1CCOCC1. The number of anilines is 1. The molecule has 0 unspecified atom stereocenters. The number of aromatic nitrogens is 2. The summed E-state index contributed by atoms with van der Waals surface area (Å²) in [7, 11) is 0. The number of nitrogens with one attached hydrogen (secondary N) is 1. The van der Waals surface area contributed by atoms with Crippen molar-refractivity contribution in [3.63, 3.8) is 0 Å². The van der Waals surface area contributed by atoms with Crippen LogP contribution in [0.4, 0.5) is 19.0 Å². The summed E-state index contributed by atoms with van der Waals surface area (Å²) in [6.07, 6.45) is -2.29. The molecule has 2 aromatic rings. The minimum absolute atomic E-state index is 0.146. The van der Waals surface area contributed by atoms with Crippen molar-refractivity contribution in [1.82, 2.24) is 14.9 Å². The second-order valence-electron chi connectivity index (χ2n) is 6.24. The normalized spacial score (nSPS) is 14.8. The molecule has 0 saturated carbocycles. The third-order valence-electron chi connectivity index (χ3n) is 4.28. The Morgan fingerprint density at radius 2 is 1.96 bits per heavy atom. The smallest absolute Gasteiger partial charge is 0.378 e. The zero-order valence-electron chi connectivity index (χ0n) is 14.9. The molecule has 2 aromatic heterocycles. The van der Waals surface area contributed by atoms with Gasteiger partial charge in [-0.05, 0) is 12.1 Å². The molecular formula is C18H19F3N4O3. The van der Waals surface area contributed by atoms with Gasteiger partial charge in [-0.2, -0.15) is 13.2 Å². The van der Waals surface area contributed by atoms with Gasteiger partial charge in [-0.25, -0.2) is 4.98 Å². The second-order valence-corrected chi connectivity index (χ2v) is 6.24. The summed E-state index contributed by atoms with van der Waals surface area (Å²) in [6, 6.07) is 5.05. The van der Waals surface area contributed by atoms with Gasteiger partial charge in [-0.3, -0.25) is 9.59 Å². The van der Waals surface area contributed by atoms with Crippen LogP contribution in [0.2, 0.25) is 0 Å². The molecule has 0 bridgehead atoms. The number of hydrogen-bond donors (Lipinski definition) is 1. The highest BCUT2D eigenvalue weighted by atomic mass is 19.4. The molecule has 0 aliphatic carbocycles. The minimum Gasteiger partial charge on any atom is -0.378 e. The quantitative estimate of drug-likeness (QED) is 0.827. The maximum absolute atomic E-state index is 12.8. The Kier molecular flexibility index (Phi) is 5.98. The lowest BCUT2D eigenvalue weighted by Gasteiger charge is -2.29. The number of hydrogen-bond acceptors (Lipinski definition) is 5. The first-order valence-electron chi connectivity index (χ1n) is 8.65. The van der Waals surface area contributed by atoms with Crippen molar-refractivity contribution in [3.05, 3.63) is 58.1 Å². The number of alkyl halides is 3. The fourth-order valence-corrected chi connectivity index (χ4v) is 2.86. The standard InChI is InChI=1S/C18H19F3N4O3/c19-18(20,21)14-3-4-16(27)25(11-14)12-15(26)23-10-13-2-1-5-22-17(13)24-6-8-28-9-7-24/h1-5,11H,6-10,12H2,(H,23,26). The minimum atomic E-state index is -4.59. The van der Waals surface area contributed by atoms with Gasteiger partial charge in [0.2, 0.25) is 5.91 Å². The number of morpholine rings is 1. The van der Waals surface area contributed by atoms with Crippen LogP contribution in [0, 0.1) is 0 Å². The van der Waals surface area contributed by atoms with Gasteiger partial charge in [0.1, 0.15) is 12.4 Å². The molecule has 3 heterocycles. The zero-order chi connectivity index (χ0) is 20.1. The van der Waals surface area contributed by atoms with Crippen molar-refractivity contribution in [3.8, 4) is 0 Å². The zero-order valence-corrected chi connectivity index (χ0v) is 14.9. The molecule has 0 radical (unpaired) electrons. The van der Waals surface area contributed by atoms with Crippen molar-refractivity contribution in [2.24, 2.45) is 0 Å². The first-order chi connectivity index (χ1) is 13.3. The van der Waals surface area contributed by atoms with E-state index in [2.05, 4.69) is 10.3 Å². The highest BCUT2D eigenvalue weighted by Gasteiger charge is 2.31. The Morgan fingerprint density at radius 3 is 2.68 bits per heavy atom. The van der Waals surface area contributed by atoms with Crippen LogP contribution >= 0.6 is 0 Å². The van der Waals surface area contributed by atoms with Gasteiger partial charge in [0.15, 0.2) is 0 Å². The average Bonchev–Trinajstić information content (AvgIpc) is 2.68. The van der Waals surface area contributed by atoms with E-state index in [0.29, 0.717) is 38.6 Å². The van der Waals surface area contributed by atoms with E-state index in [0.717, 1.165) is 22.0 Å². The van der Waals surface area contributed by atoms with E-state index in [-0.39, 0.29) is 6.54 Å². The number of nitrogens with zero attached hydrogens (tertiary/aromatic N) is 3. The molecule has 7 nitrogen and oxygen atoms in total. The predicted octanol–water partition coefficient (Wildman–Crippen LogP) is 1.42. The Hall–Kier alpha value is -2.88. The third-order valence-corrected chi connectivity index (χ3v) is 4.28. The maximum Gasteiger partial charge on any atom is 0.417 e. The van der Waals surface area contributed by atoms with E-state index in [1.165, 1.54) is 0 Å². The van der Waals surface area contributed by atoms with Crippen molar-refractivity contribution < 1.29 is 22.7 Å². The Labute approximate surface area is 158 Å². The summed E-state index contributed by atoms with van der Waals surface area (Å²) in [5, 5.41) is 2.63. The molecule has 3 rings (SSSR count). The van der Waals surface area contributed by atoms with Gasteiger partial charge >= 0.3 is 6.18 Å². The maximum atomic E-state index is 12.8. The van der Waals surface area contributed by atoms with E-state index in [1.54, 1.807) is 12.3 Å². The largest absolute Gasteiger partial charge is 0.417 e. The summed E-state index contributed by atoms with van der Waals surface area (Å²) in [4.78, 5) is 30.3. The highest BCUT2D eigenvalue weighted by molar-refractivity contribution is 5.75. The number of pyridine rings is 2. The molecule has 150 valence electrons. The molecule has 0 spiro atoms. The topological polar surface area (TPSA) is 76.5 Å². The Balaban J connectivity index is 1.66. The number of halogens is 3. The van der Waals surface area contributed by atoms with Crippen LogP contribution in [-0.2, 0) is 28.8 Å². The van der Waals surface area contributed by atoms with Gasteiger partial charge in [-0.15, -0.1) is 0 Å². The number of ether oxygens (including phenoxy) is 1. The second kappa shape index (κ2) is 8.42. The molecule has 0 atom stereocenters. The van der Waals surface area contributed by atoms with Crippen LogP contribution in [0.3, 0.4) is 0 Å². The van der Waals surface area contributed by atoms with Crippen LogP contribution < -0.4 is 15.8 Å². The fraction of sp³-hybridized carbons (Fsp3) is 0.389. The van der Waals surface area contributed by atoms with Crippen LogP contribution in [0.1, 0.15) is 11.1 Å². The number of rotatable bonds is 5. The molecule has 1 N–H and O–H groups in total. The van der Waals surface area contributed by atoms with E-state index in [9.17, 15) is 22.8 Å². The summed E-state index contributed by atoms with van der Waals surface area (Å²) < 4.78 is 44.4. The van der Waals surface area contributed by atoms with E-state index in [4.69, 9.17) is 4.74 Å². The van der Waals surface area contributed by atoms with Crippen molar-refractivity contribution in [2.45, 2.75) is 19.3 Å². The fourth-order valence-electron chi connectivity index (χ4n) is 2.86.